The van der Waals surface area contributed by atoms with Gasteiger partial charge in [-0.1, -0.05) is 54.1 Å². The molecular weight excluding hydrogens is 259 g/mol. The second kappa shape index (κ2) is 4.72. The molecule has 1 aliphatic heterocycles. The van der Waals surface area contributed by atoms with Crippen LogP contribution in [-0.4, -0.2) is 12.0 Å². The molecule has 2 aromatic rings. The molecule has 0 amide bonds. The minimum Gasteiger partial charge on any atom is -0.603 e. The molecule has 1 radical (unpaired) electrons. The maximum absolute atomic E-state index is 8.40. The lowest BCUT2D eigenvalue weighted by Gasteiger charge is -2.34. The molecule has 0 aliphatic carbocycles. The number of rotatable bonds is 2. The van der Waals surface area contributed by atoms with Crippen molar-refractivity contribution >= 4 is 17.8 Å². The quantitative estimate of drug-likeness (QED) is 0.612. The lowest BCUT2D eigenvalue weighted by molar-refractivity contribution is 0.0789. The Kier molecular flexibility index (Phi) is 3.23. The molecule has 3 heteroatoms. The van der Waals surface area contributed by atoms with Crippen LogP contribution in [0.4, 0.5) is 0 Å². The lowest BCUT2D eigenvalue weighted by atomic mass is 9.53. The molecule has 0 saturated carbocycles. The van der Waals surface area contributed by atoms with E-state index in [2.05, 4.69) is 44.2 Å². The molecule has 0 saturated heterocycles. The smallest absolute Gasteiger partial charge is 0.180 e. The van der Waals surface area contributed by atoms with Crippen molar-refractivity contribution in [1.82, 2.24) is 0 Å². The molecule has 0 bridgehead atoms. The number of fused-ring (bicyclic) bond motifs is 1. The third kappa shape index (κ3) is 2.41. The van der Waals surface area contributed by atoms with Gasteiger partial charge < -0.3 is 9.76 Å². The van der Waals surface area contributed by atoms with Crippen LogP contribution in [0.25, 0.3) is 0 Å². The van der Waals surface area contributed by atoms with Gasteiger partial charge in [0.25, 0.3) is 0 Å². The number of benzene rings is 2. The third-order valence-corrected chi connectivity index (χ3v) is 4.22. The van der Waals surface area contributed by atoms with Gasteiger partial charge in [-0.2, -0.15) is 5.46 Å². The van der Waals surface area contributed by atoms with Crippen LogP contribution < -0.4 is 10.9 Å². The standard InChI is InChI=1S/C18H21BO2/c1-17(2,20)13-9-5-7-11-15(13)19-16-12-8-6-10-14(16)18(3,4)21-19/h5-12,20H,1-4H3/q-1/p+1. The van der Waals surface area contributed by atoms with Gasteiger partial charge in [-0.05, 0) is 19.4 Å². The summed E-state index contributed by atoms with van der Waals surface area (Å²) in [5, 5.41) is 8.40. The summed E-state index contributed by atoms with van der Waals surface area (Å²) in [6, 6.07) is 16.6. The normalized spacial score (nSPS) is 17.8. The fourth-order valence-electron chi connectivity index (χ4n) is 3.22. The van der Waals surface area contributed by atoms with Crippen LogP contribution in [-0.2, 0) is 15.9 Å². The molecular formula is C18H22BO2. The summed E-state index contributed by atoms with van der Waals surface area (Å²) in [5.41, 5.74) is 3.67. The van der Waals surface area contributed by atoms with Crippen LogP contribution in [0.2, 0.25) is 0 Å². The second-order valence-corrected chi connectivity index (χ2v) is 6.81. The monoisotopic (exact) mass is 281 g/mol. The summed E-state index contributed by atoms with van der Waals surface area (Å²) >= 11 is 0. The van der Waals surface area contributed by atoms with E-state index in [1.807, 2.05) is 32.0 Å². The fourth-order valence-corrected chi connectivity index (χ4v) is 3.22. The van der Waals surface area contributed by atoms with Gasteiger partial charge in [0.05, 0.1) is 6.92 Å². The van der Waals surface area contributed by atoms with Crippen molar-refractivity contribution < 1.29 is 9.76 Å². The van der Waals surface area contributed by atoms with Crippen molar-refractivity contribution in [2.45, 2.75) is 38.9 Å². The summed E-state index contributed by atoms with van der Waals surface area (Å²) in [6.07, 6.45) is 0. The third-order valence-electron chi connectivity index (χ3n) is 4.22. The molecule has 109 valence electrons. The number of hydrogen-bond donors (Lipinski definition) is 0. The van der Waals surface area contributed by atoms with Crippen LogP contribution in [0, 0.1) is 0 Å². The fraction of sp³-hybridized carbons (Fsp3) is 0.333. The maximum atomic E-state index is 8.40. The van der Waals surface area contributed by atoms with Crippen LogP contribution in [0.15, 0.2) is 48.5 Å². The Bertz CT molecular complexity index is 671. The molecule has 2 nitrogen and oxygen atoms in total. The summed E-state index contributed by atoms with van der Waals surface area (Å²) in [4.78, 5) is 0. The van der Waals surface area contributed by atoms with Crippen LogP contribution in [0.5, 0.6) is 0 Å². The molecule has 2 N–H and O–H groups in total. The summed E-state index contributed by atoms with van der Waals surface area (Å²) < 4.78 is 6.36. The first-order valence-corrected chi connectivity index (χ1v) is 7.42. The Morgan fingerprint density at radius 3 is 2.19 bits per heavy atom. The molecule has 21 heavy (non-hydrogen) atoms. The minimum atomic E-state index is -0.637. The van der Waals surface area contributed by atoms with Crippen molar-refractivity contribution in [3.8, 4) is 0 Å². The van der Waals surface area contributed by atoms with Crippen molar-refractivity contribution in [3.63, 3.8) is 0 Å². The summed E-state index contributed by atoms with van der Waals surface area (Å²) in [7, 11) is 0. The first kappa shape index (κ1) is 14.4. The van der Waals surface area contributed by atoms with E-state index in [0.717, 1.165) is 11.0 Å². The van der Waals surface area contributed by atoms with Crippen molar-refractivity contribution in [3.05, 3.63) is 59.7 Å². The van der Waals surface area contributed by atoms with Crippen molar-refractivity contribution in [2.75, 3.05) is 0 Å². The van der Waals surface area contributed by atoms with Crippen LogP contribution in [0.3, 0.4) is 0 Å². The largest absolute Gasteiger partial charge is 0.603 e. The Labute approximate surface area is 126 Å². The van der Waals surface area contributed by atoms with E-state index in [1.54, 1.807) is 0 Å². The topological polar surface area (TPSA) is 32.1 Å². The van der Waals surface area contributed by atoms with Gasteiger partial charge >= 0.3 is 0 Å². The van der Waals surface area contributed by atoms with Gasteiger partial charge in [0, 0.05) is 19.4 Å². The first-order chi connectivity index (χ1) is 9.81. The Balaban J connectivity index is 2.16. The second-order valence-electron chi connectivity index (χ2n) is 6.81. The molecule has 0 spiro atoms. The highest BCUT2D eigenvalue weighted by Crippen LogP contribution is 2.31. The molecule has 0 atom stereocenters. The van der Waals surface area contributed by atoms with E-state index in [0.29, 0.717) is 0 Å². The van der Waals surface area contributed by atoms with Crippen molar-refractivity contribution in [2.24, 2.45) is 0 Å². The van der Waals surface area contributed by atoms with E-state index in [1.165, 1.54) is 11.0 Å². The molecule has 0 fully saturated rings. The van der Waals surface area contributed by atoms with Gasteiger partial charge in [-0.3, -0.25) is 0 Å². The van der Waals surface area contributed by atoms with E-state index in [9.17, 15) is 0 Å². The van der Waals surface area contributed by atoms with Crippen LogP contribution in [0.1, 0.15) is 38.8 Å². The number of hydrogen-bond acceptors (Lipinski definition) is 1. The average Bonchev–Trinajstić information content (AvgIpc) is 2.71. The molecule has 0 aromatic heterocycles. The van der Waals surface area contributed by atoms with Gasteiger partial charge in [0.15, 0.2) is 5.60 Å². The zero-order valence-corrected chi connectivity index (χ0v) is 13.1. The van der Waals surface area contributed by atoms with E-state index in [-0.39, 0.29) is 12.5 Å². The van der Waals surface area contributed by atoms with Gasteiger partial charge in [0.2, 0.25) is 0 Å². The zero-order chi connectivity index (χ0) is 15.3. The predicted octanol–water partition coefficient (Wildman–Crippen LogP) is 2.02. The predicted molar refractivity (Wildman–Crippen MR) is 88.7 cm³/mol. The molecule has 0 unspecified atom stereocenters. The maximum Gasteiger partial charge on any atom is 0.180 e. The van der Waals surface area contributed by atoms with Crippen molar-refractivity contribution in [1.29, 1.82) is 0 Å². The Morgan fingerprint density at radius 2 is 1.52 bits per heavy atom. The van der Waals surface area contributed by atoms with Gasteiger partial charge in [-0.15, -0.1) is 0 Å². The first-order valence-electron chi connectivity index (χ1n) is 7.42. The minimum absolute atomic E-state index is 0.0861. The van der Waals surface area contributed by atoms with E-state index >= 15 is 0 Å². The van der Waals surface area contributed by atoms with E-state index < -0.39 is 5.60 Å². The van der Waals surface area contributed by atoms with Crippen LogP contribution >= 0.6 is 0 Å². The molecule has 1 heterocycles. The van der Waals surface area contributed by atoms with Gasteiger partial charge in [0.1, 0.15) is 0 Å². The molecule has 2 aromatic carbocycles. The molecule has 1 aliphatic rings. The highest BCUT2D eigenvalue weighted by atomic mass is 16.5. The highest BCUT2D eigenvalue weighted by molar-refractivity contribution is 6.81. The zero-order valence-electron chi connectivity index (χ0n) is 13.1. The SMILES string of the molecule is CC(C)([OH2+])c1ccccc1[B-]1OC(C)(C)c2ccccc21. The average molecular weight is 281 g/mol. The Hall–Kier alpha value is -1.58. The lowest BCUT2D eigenvalue weighted by Crippen LogP contribution is -2.46. The summed E-state index contributed by atoms with van der Waals surface area (Å²) in [6.45, 7) is 7.99. The van der Waals surface area contributed by atoms with E-state index in [4.69, 9.17) is 9.76 Å². The van der Waals surface area contributed by atoms with Gasteiger partial charge in [-0.25, -0.2) is 5.46 Å². The summed E-state index contributed by atoms with van der Waals surface area (Å²) in [5.74, 6) is 0. The highest BCUT2D eigenvalue weighted by Gasteiger charge is 2.32. The Morgan fingerprint density at radius 1 is 0.952 bits per heavy atom. The molecule has 3 rings (SSSR count).